The number of aromatic amines is 1. The number of amides is 1. The second kappa shape index (κ2) is 17.2. The predicted molar refractivity (Wildman–Crippen MR) is 161 cm³/mol. The van der Waals surface area contributed by atoms with Crippen molar-refractivity contribution in [1.29, 1.82) is 0 Å². The van der Waals surface area contributed by atoms with Crippen LogP contribution in [0, 0.1) is 12.8 Å². The second-order valence-electron chi connectivity index (χ2n) is 11.2. The van der Waals surface area contributed by atoms with E-state index in [1.165, 1.54) is 20.2 Å². The summed E-state index contributed by atoms with van der Waals surface area (Å²) in [4.78, 5) is 65.0. The fourth-order valence-corrected chi connectivity index (χ4v) is 7.50. The quantitative estimate of drug-likeness (QED) is 0.195. The minimum atomic E-state index is -3.61. The van der Waals surface area contributed by atoms with E-state index in [2.05, 4.69) is 10.3 Å². The van der Waals surface area contributed by atoms with Crippen LogP contribution in [0.1, 0.15) is 77.5 Å². The molecule has 0 aromatic carbocycles. The summed E-state index contributed by atoms with van der Waals surface area (Å²) in [6.07, 6.45) is 0.367. The van der Waals surface area contributed by atoms with Gasteiger partial charge in [-0.2, -0.15) is 0 Å². The van der Waals surface area contributed by atoms with Gasteiger partial charge in [0.1, 0.15) is 24.9 Å². The van der Waals surface area contributed by atoms with Crippen molar-refractivity contribution in [1.82, 2.24) is 14.9 Å². The van der Waals surface area contributed by atoms with Gasteiger partial charge in [-0.15, -0.1) is 0 Å². The Kier molecular flexibility index (Phi) is 14.0. The van der Waals surface area contributed by atoms with E-state index in [9.17, 15) is 28.5 Å². The molecule has 0 spiro atoms. The predicted octanol–water partition coefficient (Wildman–Crippen LogP) is 2.34. The van der Waals surface area contributed by atoms with E-state index < -0.39 is 73.8 Å². The van der Waals surface area contributed by atoms with Crippen molar-refractivity contribution in [2.24, 2.45) is 5.92 Å². The van der Waals surface area contributed by atoms with Gasteiger partial charge in [0.2, 0.25) is 5.91 Å². The number of nitrogens with zero attached hydrogens (tertiary/aromatic N) is 1. The van der Waals surface area contributed by atoms with Gasteiger partial charge in [-0.05, 0) is 52.4 Å². The van der Waals surface area contributed by atoms with Crippen molar-refractivity contribution < 1.29 is 46.9 Å². The molecule has 2 fully saturated rings. The zero-order chi connectivity index (χ0) is 33.1. The van der Waals surface area contributed by atoms with Crippen molar-refractivity contribution in [3.63, 3.8) is 0 Å². The van der Waals surface area contributed by atoms with Gasteiger partial charge in [0.15, 0.2) is 12.3 Å². The molecule has 1 saturated carbocycles. The largest absolute Gasteiger partial charge is 0.462 e. The number of hydrogen-bond donors (Lipinski definition) is 2. The molecule has 0 radical (unpaired) electrons. The molecular formula is C29H46N3O12P. The number of nitrogens with one attached hydrogen (secondary N) is 2. The van der Waals surface area contributed by atoms with Crippen LogP contribution in [0.25, 0.3) is 0 Å². The third kappa shape index (κ3) is 10.3. The number of esters is 2. The Bertz CT molecular complexity index is 1310. The molecule has 45 heavy (non-hydrogen) atoms. The molecule has 0 bridgehead atoms. The first-order chi connectivity index (χ1) is 21.4. The third-order valence-corrected chi connectivity index (χ3v) is 10.0. The van der Waals surface area contributed by atoms with Crippen LogP contribution in [0.15, 0.2) is 15.8 Å². The average Bonchev–Trinajstić information content (AvgIpc) is 3.34. The van der Waals surface area contributed by atoms with Crippen LogP contribution in [-0.4, -0.2) is 84.8 Å². The second-order valence-corrected chi connectivity index (χ2v) is 13.3. The van der Waals surface area contributed by atoms with Gasteiger partial charge in [-0.3, -0.25) is 33.3 Å². The molecule has 1 aromatic heterocycles. The Labute approximate surface area is 262 Å². The zero-order valence-electron chi connectivity index (χ0n) is 26.6. The lowest BCUT2D eigenvalue weighted by atomic mass is 9.98. The summed E-state index contributed by atoms with van der Waals surface area (Å²) in [5, 5.41) is 2.44. The van der Waals surface area contributed by atoms with Gasteiger partial charge in [0, 0.05) is 18.8 Å². The van der Waals surface area contributed by atoms with E-state index in [1.807, 2.05) is 0 Å². The number of carbonyl (C=O) groups is 3. The summed E-state index contributed by atoms with van der Waals surface area (Å²) in [6.45, 7) is 6.31. The van der Waals surface area contributed by atoms with E-state index in [4.69, 9.17) is 28.0 Å². The first kappa shape index (κ1) is 36.6. The first-order valence-electron chi connectivity index (χ1n) is 15.5. The molecule has 254 valence electrons. The van der Waals surface area contributed by atoms with E-state index >= 15 is 0 Å². The number of aryl methyl sites for hydroxylation is 1. The summed E-state index contributed by atoms with van der Waals surface area (Å²) in [5.41, 5.74) is -1.22. The topological polar surface area (TPSA) is 191 Å². The molecule has 15 nitrogen and oxygen atoms in total. The lowest BCUT2D eigenvalue weighted by molar-refractivity contribution is -0.163. The highest BCUT2D eigenvalue weighted by atomic mass is 31.2. The zero-order valence-corrected chi connectivity index (χ0v) is 27.5. The molecule has 1 aliphatic heterocycles. The van der Waals surface area contributed by atoms with Crippen molar-refractivity contribution in [2.75, 3.05) is 33.0 Å². The number of carbonyl (C=O) groups excluding carboxylic acids is 3. The van der Waals surface area contributed by atoms with E-state index in [0.29, 0.717) is 0 Å². The molecule has 1 saturated heterocycles. The normalized spacial score (nSPS) is 23.0. The Balaban J connectivity index is 1.91. The fraction of sp³-hybridized carbons (Fsp3) is 0.759. The highest BCUT2D eigenvalue weighted by molar-refractivity contribution is 7.53. The summed E-state index contributed by atoms with van der Waals surface area (Å²) in [6, 6.07) is 0. The molecule has 16 heteroatoms. The Morgan fingerprint density at radius 2 is 1.67 bits per heavy atom. The van der Waals surface area contributed by atoms with Crippen molar-refractivity contribution >= 4 is 25.4 Å². The number of hydrogen-bond acceptors (Lipinski definition) is 12. The summed E-state index contributed by atoms with van der Waals surface area (Å²) in [5.74, 6) is -2.43. The van der Waals surface area contributed by atoms with Crippen LogP contribution in [0.3, 0.4) is 0 Å². The smallest absolute Gasteiger partial charge is 0.331 e. The molecule has 1 amide bonds. The lowest BCUT2D eigenvalue weighted by Gasteiger charge is -2.28. The third-order valence-electron chi connectivity index (χ3n) is 7.71. The minimum Gasteiger partial charge on any atom is -0.462 e. The van der Waals surface area contributed by atoms with Gasteiger partial charge in [0.25, 0.3) is 5.56 Å². The van der Waals surface area contributed by atoms with Gasteiger partial charge >= 0.3 is 25.2 Å². The van der Waals surface area contributed by atoms with Crippen LogP contribution in [0.2, 0.25) is 0 Å². The molecule has 2 N–H and O–H groups in total. The van der Waals surface area contributed by atoms with Gasteiger partial charge < -0.3 is 33.3 Å². The molecule has 1 aromatic rings. The number of ether oxygens (including phenoxy) is 4. The van der Waals surface area contributed by atoms with Crippen LogP contribution in [-0.2, 0) is 46.9 Å². The minimum absolute atomic E-state index is 0.122. The van der Waals surface area contributed by atoms with Gasteiger partial charge in [-0.1, -0.05) is 13.3 Å². The monoisotopic (exact) mass is 659 g/mol. The number of H-pyrrole nitrogens is 1. The molecule has 0 unspecified atom stereocenters. The maximum atomic E-state index is 13.4. The summed E-state index contributed by atoms with van der Waals surface area (Å²) >= 11 is 0. The van der Waals surface area contributed by atoms with E-state index in [0.717, 1.165) is 36.7 Å². The maximum Gasteiger partial charge on any atom is 0.331 e. The van der Waals surface area contributed by atoms with Crippen LogP contribution in [0.5, 0.6) is 0 Å². The Morgan fingerprint density at radius 3 is 2.27 bits per heavy atom. The number of likely N-dealkylation sites (N-methyl/N-ethyl adjacent to an activating group) is 1. The van der Waals surface area contributed by atoms with Gasteiger partial charge in [-0.25, -0.2) is 4.79 Å². The lowest BCUT2D eigenvalue weighted by Crippen LogP contribution is -2.44. The van der Waals surface area contributed by atoms with Crippen LogP contribution >= 0.6 is 7.60 Å². The number of rotatable bonds is 16. The van der Waals surface area contributed by atoms with Crippen molar-refractivity contribution in [3.8, 4) is 0 Å². The molecule has 2 heterocycles. The molecule has 5 atom stereocenters. The SMILES string of the molecule is CCOP(=O)(C[C@H](C)[C@H]1O[C@@H](n2cc(C)c(=O)[nH]c2=O)[C@H](OCC(=O)NC)[C@@H]1OC(=O)CCC(=O)OC1CCCCC1)OCC. The Morgan fingerprint density at radius 1 is 1.04 bits per heavy atom. The standard InChI is InChI=1S/C29H46N3O12P/c1-6-40-45(38,41-7-2)17-19(4)24-25(43-23(35)14-13-22(34)42-20-11-9-8-10-12-20)26(39-16-21(33)30-5)28(44-24)32-15-18(3)27(36)31-29(32)37/h15,19-20,24-26,28H,6-14,16-17H2,1-5H3,(H,30,33)(H,31,36,37)/t19-,24+,25+,26+,28+/m0/s1. The van der Waals surface area contributed by atoms with Crippen LogP contribution in [0.4, 0.5) is 0 Å². The maximum absolute atomic E-state index is 13.4. The summed E-state index contributed by atoms with van der Waals surface area (Å²) < 4.78 is 49.0. The van der Waals surface area contributed by atoms with Crippen molar-refractivity contribution in [3.05, 3.63) is 32.6 Å². The van der Waals surface area contributed by atoms with Crippen LogP contribution < -0.4 is 16.6 Å². The molecule has 1 aliphatic carbocycles. The molecule has 3 rings (SSSR count). The van der Waals surface area contributed by atoms with E-state index in [1.54, 1.807) is 20.8 Å². The average molecular weight is 660 g/mol. The first-order valence-corrected chi connectivity index (χ1v) is 17.2. The fourth-order valence-electron chi connectivity index (χ4n) is 5.51. The van der Waals surface area contributed by atoms with Gasteiger partial charge in [0.05, 0.1) is 32.2 Å². The highest BCUT2D eigenvalue weighted by Crippen LogP contribution is 2.51. The molecular weight excluding hydrogens is 613 g/mol. The molecule has 2 aliphatic rings. The number of aromatic nitrogens is 2. The van der Waals surface area contributed by atoms with E-state index in [-0.39, 0.29) is 43.9 Å². The highest BCUT2D eigenvalue weighted by Gasteiger charge is 2.52. The summed E-state index contributed by atoms with van der Waals surface area (Å²) in [7, 11) is -2.19. The van der Waals surface area contributed by atoms with Crippen molar-refractivity contribution in [2.45, 2.75) is 103 Å². The Hall–Kier alpha value is -2.84.